The second kappa shape index (κ2) is 3.63. The molecule has 0 atom stereocenters. The summed E-state index contributed by atoms with van der Waals surface area (Å²) >= 11 is 2.98. The lowest BCUT2D eigenvalue weighted by atomic mass is 10.1. The lowest BCUT2D eigenvalue weighted by Gasteiger charge is -2.01. The molecule has 0 bridgehead atoms. The van der Waals surface area contributed by atoms with E-state index in [-0.39, 0.29) is 16.5 Å². The molecule has 0 unspecified atom stereocenters. The molecular formula is C8H4BrF2N. The van der Waals surface area contributed by atoms with E-state index in [9.17, 15) is 8.78 Å². The highest BCUT2D eigenvalue weighted by Crippen LogP contribution is 2.18. The predicted molar refractivity (Wildman–Crippen MR) is 43.7 cm³/mol. The molecule has 0 saturated carbocycles. The second-order valence-corrected chi connectivity index (χ2v) is 2.69. The van der Waals surface area contributed by atoms with E-state index in [1.165, 1.54) is 6.07 Å². The molecule has 0 N–H and O–H groups in total. The van der Waals surface area contributed by atoms with Crippen molar-refractivity contribution in [2.24, 2.45) is 0 Å². The second-order valence-electron chi connectivity index (χ2n) is 2.13. The Hall–Kier alpha value is -0.950. The van der Waals surface area contributed by atoms with Gasteiger partial charge in [0.15, 0.2) is 11.6 Å². The predicted octanol–water partition coefficient (Wildman–Crippen LogP) is 2.73. The van der Waals surface area contributed by atoms with Crippen molar-refractivity contribution in [3.63, 3.8) is 0 Å². The number of alkyl halides is 1. The molecule has 0 spiro atoms. The highest BCUT2D eigenvalue weighted by molar-refractivity contribution is 9.08. The van der Waals surface area contributed by atoms with Crippen LogP contribution in [0.1, 0.15) is 11.1 Å². The average molecular weight is 232 g/mol. The van der Waals surface area contributed by atoms with Gasteiger partial charge in [0.25, 0.3) is 0 Å². The fraction of sp³-hybridized carbons (Fsp3) is 0.125. The van der Waals surface area contributed by atoms with Gasteiger partial charge in [0.2, 0.25) is 0 Å². The van der Waals surface area contributed by atoms with E-state index in [1.54, 1.807) is 6.07 Å². The number of halogens is 3. The van der Waals surface area contributed by atoms with Gasteiger partial charge in [-0.15, -0.1) is 0 Å². The molecule has 12 heavy (non-hydrogen) atoms. The zero-order valence-corrected chi connectivity index (χ0v) is 7.53. The number of benzene rings is 1. The van der Waals surface area contributed by atoms with Crippen molar-refractivity contribution >= 4 is 15.9 Å². The van der Waals surface area contributed by atoms with Gasteiger partial charge in [-0.05, 0) is 12.1 Å². The van der Waals surface area contributed by atoms with Gasteiger partial charge in [0, 0.05) is 10.9 Å². The summed E-state index contributed by atoms with van der Waals surface area (Å²) in [6.45, 7) is 0. The van der Waals surface area contributed by atoms with Crippen LogP contribution >= 0.6 is 15.9 Å². The van der Waals surface area contributed by atoms with Gasteiger partial charge in [-0.25, -0.2) is 8.78 Å². The maximum Gasteiger partial charge on any atom is 0.164 e. The fourth-order valence-electron chi connectivity index (χ4n) is 0.828. The van der Waals surface area contributed by atoms with Crippen molar-refractivity contribution in [3.05, 3.63) is 34.9 Å². The van der Waals surface area contributed by atoms with Gasteiger partial charge in [-0.3, -0.25) is 0 Å². The SMILES string of the molecule is N#Cc1ccc(F)c(F)c1CBr. The van der Waals surface area contributed by atoms with Gasteiger partial charge < -0.3 is 0 Å². The Bertz CT molecular complexity index is 344. The van der Waals surface area contributed by atoms with Gasteiger partial charge in [0.1, 0.15) is 0 Å². The molecule has 62 valence electrons. The normalized spacial score (nSPS) is 9.50. The van der Waals surface area contributed by atoms with Crippen molar-refractivity contribution in [1.82, 2.24) is 0 Å². The summed E-state index contributed by atoms with van der Waals surface area (Å²) in [5.41, 5.74) is 0.225. The van der Waals surface area contributed by atoms with Crippen molar-refractivity contribution in [3.8, 4) is 6.07 Å². The molecule has 0 saturated heterocycles. The van der Waals surface area contributed by atoms with Crippen molar-refractivity contribution in [1.29, 1.82) is 5.26 Å². The molecule has 0 radical (unpaired) electrons. The van der Waals surface area contributed by atoms with E-state index in [4.69, 9.17) is 5.26 Å². The van der Waals surface area contributed by atoms with Gasteiger partial charge in [0.05, 0.1) is 11.6 Å². The molecule has 1 aromatic rings. The zero-order valence-electron chi connectivity index (χ0n) is 5.94. The minimum atomic E-state index is -0.953. The van der Waals surface area contributed by atoms with Crippen molar-refractivity contribution in [2.45, 2.75) is 5.33 Å². The minimum absolute atomic E-state index is 0.0671. The largest absolute Gasteiger partial charge is 0.204 e. The van der Waals surface area contributed by atoms with Crippen molar-refractivity contribution < 1.29 is 8.78 Å². The van der Waals surface area contributed by atoms with E-state index in [1.807, 2.05) is 0 Å². The lowest BCUT2D eigenvalue weighted by molar-refractivity contribution is 0.502. The zero-order chi connectivity index (χ0) is 9.14. The number of hydrogen-bond donors (Lipinski definition) is 0. The van der Waals surface area contributed by atoms with Crippen molar-refractivity contribution in [2.75, 3.05) is 0 Å². The maximum absolute atomic E-state index is 12.9. The molecular weight excluding hydrogens is 228 g/mol. The van der Waals surface area contributed by atoms with Gasteiger partial charge in [-0.2, -0.15) is 5.26 Å². The van der Waals surface area contributed by atoms with Crippen LogP contribution in [0.2, 0.25) is 0 Å². The minimum Gasteiger partial charge on any atom is -0.204 e. The molecule has 0 aromatic heterocycles. The van der Waals surface area contributed by atoms with Crippen LogP contribution < -0.4 is 0 Å². The van der Waals surface area contributed by atoms with Crippen LogP contribution in [0, 0.1) is 23.0 Å². The third-order valence-corrected chi connectivity index (χ3v) is 2.01. The fourth-order valence-corrected chi connectivity index (χ4v) is 1.38. The summed E-state index contributed by atoms with van der Waals surface area (Å²) in [5.74, 6) is -1.88. The Kier molecular flexibility index (Phi) is 2.77. The van der Waals surface area contributed by atoms with Gasteiger partial charge >= 0.3 is 0 Å². The molecule has 0 fully saturated rings. The highest BCUT2D eigenvalue weighted by Gasteiger charge is 2.11. The summed E-state index contributed by atoms with van der Waals surface area (Å²) in [7, 11) is 0. The molecule has 0 heterocycles. The highest BCUT2D eigenvalue weighted by atomic mass is 79.9. The van der Waals surface area contributed by atoms with E-state index in [2.05, 4.69) is 15.9 Å². The number of hydrogen-bond acceptors (Lipinski definition) is 1. The Balaban J connectivity index is 3.38. The first-order valence-corrected chi connectivity index (χ1v) is 4.25. The molecule has 1 nitrogen and oxygen atoms in total. The lowest BCUT2D eigenvalue weighted by Crippen LogP contribution is -1.95. The Labute approximate surface area is 76.8 Å². The average Bonchev–Trinajstić information content (AvgIpc) is 2.09. The molecule has 1 aromatic carbocycles. The Morgan fingerprint density at radius 3 is 2.58 bits per heavy atom. The van der Waals surface area contributed by atoms with Crippen LogP contribution in [0.4, 0.5) is 8.78 Å². The first-order chi connectivity index (χ1) is 5.70. The first-order valence-electron chi connectivity index (χ1n) is 3.13. The molecule has 1 rings (SSSR count). The summed E-state index contributed by atoms with van der Waals surface area (Å²) in [6.07, 6.45) is 0. The number of rotatable bonds is 1. The summed E-state index contributed by atoms with van der Waals surface area (Å²) in [5, 5.41) is 8.64. The first kappa shape index (κ1) is 9.14. The van der Waals surface area contributed by atoms with Crippen LogP contribution in [0.15, 0.2) is 12.1 Å². The molecule has 4 heteroatoms. The quantitative estimate of drug-likeness (QED) is 0.683. The molecule has 0 aliphatic heterocycles. The topological polar surface area (TPSA) is 23.8 Å². The van der Waals surface area contributed by atoms with Gasteiger partial charge in [-0.1, -0.05) is 15.9 Å². The van der Waals surface area contributed by atoms with Crippen LogP contribution in [0.25, 0.3) is 0 Å². The van der Waals surface area contributed by atoms with E-state index >= 15 is 0 Å². The van der Waals surface area contributed by atoms with E-state index < -0.39 is 11.6 Å². The van der Waals surface area contributed by atoms with Crippen LogP contribution in [-0.4, -0.2) is 0 Å². The number of nitrogens with zero attached hydrogens (tertiary/aromatic N) is 1. The summed E-state index contributed by atoms with van der Waals surface area (Å²) < 4.78 is 25.5. The smallest absolute Gasteiger partial charge is 0.164 e. The molecule has 0 amide bonds. The summed E-state index contributed by atoms with van der Waals surface area (Å²) in [6, 6.07) is 3.98. The number of nitriles is 1. The maximum atomic E-state index is 12.9. The molecule has 0 aliphatic carbocycles. The molecule has 0 aliphatic rings. The summed E-state index contributed by atoms with van der Waals surface area (Å²) in [4.78, 5) is 0. The van der Waals surface area contributed by atoms with E-state index in [0.29, 0.717) is 0 Å². The third kappa shape index (κ3) is 1.46. The monoisotopic (exact) mass is 231 g/mol. The Morgan fingerprint density at radius 1 is 1.42 bits per heavy atom. The van der Waals surface area contributed by atoms with Crippen LogP contribution in [0.3, 0.4) is 0 Å². The van der Waals surface area contributed by atoms with Crippen LogP contribution in [-0.2, 0) is 5.33 Å². The van der Waals surface area contributed by atoms with E-state index in [0.717, 1.165) is 6.07 Å². The Morgan fingerprint density at radius 2 is 2.08 bits per heavy atom. The standard InChI is InChI=1S/C8H4BrF2N/c9-3-6-5(4-12)1-2-7(10)8(6)11/h1-2H,3H2. The third-order valence-electron chi connectivity index (χ3n) is 1.45. The van der Waals surface area contributed by atoms with Crippen LogP contribution in [0.5, 0.6) is 0 Å².